The Morgan fingerprint density at radius 2 is 1.54 bits per heavy atom. The summed E-state index contributed by atoms with van der Waals surface area (Å²) in [6.45, 7) is 0.774. The van der Waals surface area contributed by atoms with Crippen molar-refractivity contribution >= 4 is 38.5 Å². The number of thiazole rings is 1. The highest BCUT2D eigenvalue weighted by molar-refractivity contribution is 7.19. The van der Waals surface area contributed by atoms with Crippen molar-refractivity contribution in [3.63, 3.8) is 0 Å². The molecule has 6 aromatic rings. The molecule has 0 spiro atoms. The lowest BCUT2D eigenvalue weighted by atomic mass is 10.1. The summed E-state index contributed by atoms with van der Waals surface area (Å²) in [5, 5.41) is 15.3. The van der Waals surface area contributed by atoms with E-state index in [-0.39, 0.29) is 18.7 Å². The fourth-order valence-electron chi connectivity index (χ4n) is 5.36. The molecule has 14 heteroatoms. The van der Waals surface area contributed by atoms with Gasteiger partial charge in [0.2, 0.25) is 5.95 Å². The molecule has 0 aliphatic carbocycles. The van der Waals surface area contributed by atoms with Crippen molar-refractivity contribution in [2.24, 2.45) is 7.05 Å². The van der Waals surface area contributed by atoms with Crippen molar-refractivity contribution in [2.45, 2.75) is 26.2 Å². The molecule has 4 heterocycles. The fraction of sp³-hybridized carbons (Fsp3) is 0.281. The third-order valence-corrected chi connectivity index (χ3v) is 8.77. The van der Waals surface area contributed by atoms with Crippen LogP contribution in [-0.2, 0) is 33.3 Å². The SMILES string of the molecule is COc1ccc(CN(Cc2ccc(OC)cc2OC)c2nccc(Cn3ncc4c5sc(CO)nc5n(C)c4c3=O)n2)c(OC)c1. The zero-order valence-corrected chi connectivity index (χ0v) is 26.9. The first-order valence-electron chi connectivity index (χ1n) is 14.3. The second-order valence-electron chi connectivity index (χ2n) is 10.4. The number of benzene rings is 2. The van der Waals surface area contributed by atoms with E-state index in [9.17, 15) is 9.90 Å². The molecule has 2 aromatic carbocycles. The number of rotatable bonds is 12. The van der Waals surface area contributed by atoms with Crippen molar-refractivity contribution in [1.29, 1.82) is 0 Å². The molecule has 0 bridgehead atoms. The number of methoxy groups -OCH3 is 4. The minimum absolute atomic E-state index is 0.129. The first-order chi connectivity index (χ1) is 22.4. The number of aliphatic hydroxyl groups is 1. The molecule has 0 fully saturated rings. The molecule has 0 aliphatic heterocycles. The molecule has 0 saturated carbocycles. The summed E-state index contributed by atoms with van der Waals surface area (Å²) in [4.78, 5) is 29.6. The predicted molar refractivity (Wildman–Crippen MR) is 174 cm³/mol. The highest BCUT2D eigenvalue weighted by Gasteiger charge is 2.20. The van der Waals surface area contributed by atoms with Gasteiger partial charge in [-0.2, -0.15) is 5.10 Å². The standard InChI is InChI=1S/C32H33N7O6S/c1-37-28-24(29-30(37)36-27(18-40)46-29)14-34-39(31(28)41)17-21-10-11-33-32(35-21)38(15-19-6-8-22(42-2)12-25(19)44-4)16-20-7-9-23(43-3)13-26(20)45-5/h6-14,40H,15-18H2,1-5H3. The van der Waals surface area contributed by atoms with Crippen molar-refractivity contribution in [1.82, 2.24) is 29.3 Å². The molecule has 0 atom stereocenters. The van der Waals surface area contributed by atoms with E-state index in [2.05, 4.69) is 15.1 Å². The molecule has 0 radical (unpaired) electrons. The topological polar surface area (TPSA) is 139 Å². The van der Waals surface area contributed by atoms with Crippen LogP contribution in [-0.4, -0.2) is 62.8 Å². The van der Waals surface area contributed by atoms with E-state index in [4.69, 9.17) is 23.9 Å². The number of ether oxygens (including phenoxy) is 4. The molecule has 238 valence electrons. The molecule has 0 unspecified atom stereocenters. The van der Waals surface area contributed by atoms with E-state index in [1.807, 2.05) is 41.3 Å². The molecular formula is C32H33N7O6S. The van der Waals surface area contributed by atoms with Crippen molar-refractivity contribution < 1.29 is 24.1 Å². The molecule has 46 heavy (non-hydrogen) atoms. The Labute approximate surface area is 268 Å². The average Bonchev–Trinajstić information content (AvgIpc) is 3.64. The Hall–Kier alpha value is -5.21. The number of fused-ring (bicyclic) bond motifs is 3. The van der Waals surface area contributed by atoms with E-state index in [1.165, 1.54) is 16.0 Å². The lowest BCUT2D eigenvalue weighted by Crippen LogP contribution is -2.27. The zero-order valence-electron chi connectivity index (χ0n) is 26.1. The summed E-state index contributed by atoms with van der Waals surface area (Å²) in [5.74, 6) is 3.13. The lowest BCUT2D eigenvalue weighted by molar-refractivity contribution is 0.281. The van der Waals surface area contributed by atoms with Crippen LogP contribution in [0.1, 0.15) is 21.8 Å². The number of anilines is 1. The van der Waals surface area contributed by atoms with Crippen LogP contribution in [0.15, 0.2) is 59.7 Å². The third-order valence-electron chi connectivity index (χ3n) is 7.71. The first-order valence-corrected chi connectivity index (χ1v) is 15.1. The molecular weight excluding hydrogens is 610 g/mol. The van der Waals surface area contributed by atoms with Crippen LogP contribution in [0.3, 0.4) is 0 Å². The van der Waals surface area contributed by atoms with Gasteiger partial charge in [0.05, 0.1) is 58.2 Å². The van der Waals surface area contributed by atoms with Gasteiger partial charge in [-0.1, -0.05) is 0 Å². The normalized spacial score (nSPS) is 11.3. The molecule has 0 aliphatic rings. The fourth-order valence-corrected chi connectivity index (χ4v) is 6.33. The molecule has 1 N–H and O–H groups in total. The quantitative estimate of drug-likeness (QED) is 0.208. The van der Waals surface area contributed by atoms with Gasteiger partial charge in [0.25, 0.3) is 5.56 Å². The summed E-state index contributed by atoms with van der Waals surface area (Å²) in [6.07, 6.45) is 3.34. The second-order valence-corrected chi connectivity index (χ2v) is 11.5. The Morgan fingerprint density at radius 1 is 0.891 bits per heavy atom. The monoisotopic (exact) mass is 643 g/mol. The van der Waals surface area contributed by atoms with Gasteiger partial charge in [0.1, 0.15) is 33.5 Å². The minimum Gasteiger partial charge on any atom is -0.497 e. The number of nitrogens with zero attached hydrogens (tertiary/aromatic N) is 7. The molecule has 13 nitrogen and oxygen atoms in total. The average molecular weight is 644 g/mol. The highest BCUT2D eigenvalue weighted by atomic mass is 32.1. The van der Waals surface area contributed by atoms with E-state index in [1.54, 1.807) is 58.5 Å². The Balaban J connectivity index is 1.37. The van der Waals surface area contributed by atoms with E-state index in [0.717, 1.165) is 15.8 Å². The number of hydrogen-bond acceptors (Lipinski definition) is 12. The van der Waals surface area contributed by atoms with Gasteiger partial charge in [-0.15, -0.1) is 11.3 Å². The Kier molecular flexibility index (Phi) is 8.72. The summed E-state index contributed by atoms with van der Waals surface area (Å²) in [6, 6.07) is 13.1. The van der Waals surface area contributed by atoms with Crippen molar-refractivity contribution in [3.8, 4) is 23.0 Å². The van der Waals surface area contributed by atoms with Crippen LogP contribution in [0.2, 0.25) is 0 Å². The number of hydrogen-bond donors (Lipinski definition) is 1. The number of aliphatic hydroxyl groups excluding tert-OH is 1. The zero-order chi connectivity index (χ0) is 32.4. The Morgan fingerprint density at radius 3 is 2.13 bits per heavy atom. The van der Waals surface area contributed by atoms with Gasteiger partial charge in [-0.05, 0) is 30.3 Å². The van der Waals surface area contributed by atoms with Crippen LogP contribution in [0.25, 0.3) is 21.3 Å². The highest BCUT2D eigenvalue weighted by Crippen LogP contribution is 2.32. The van der Waals surface area contributed by atoms with Crippen molar-refractivity contribution in [2.75, 3.05) is 33.3 Å². The predicted octanol–water partition coefficient (Wildman–Crippen LogP) is 3.92. The van der Waals surface area contributed by atoms with Crippen molar-refractivity contribution in [3.05, 3.63) is 87.0 Å². The smallest absolute Gasteiger partial charge is 0.291 e. The van der Waals surface area contributed by atoms with Crippen LogP contribution >= 0.6 is 11.3 Å². The van der Waals surface area contributed by atoms with Gasteiger partial charge in [0, 0.05) is 55.0 Å². The van der Waals surface area contributed by atoms with E-state index in [0.29, 0.717) is 69.3 Å². The summed E-state index contributed by atoms with van der Waals surface area (Å²) in [7, 11) is 8.24. The van der Waals surface area contributed by atoms with Crippen LogP contribution < -0.4 is 29.4 Å². The largest absolute Gasteiger partial charge is 0.497 e. The molecule has 0 saturated heterocycles. The summed E-state index contributed by atoms with van der Waals surface area (Å²) < 4.78 is 26.1. The number of aromatic nitrogens is 6. The van der Waals surface area contributed by atoms with E-state index < -0.39 is 0 Å². The first kappa shape index (κ1) is 30.8. The van der Waals surface area contributed by atoms with Crippen LogP contribution in [0.5, 0.6) is 23.0 Å². The Bertz CT molecular complexity index is 2030. The maximum absolute atomic E-state index is 13.6. The van der Waals surface area contributed by atoms with Gasteiger partial charge in [-0.25, -0.2) is 19.6 Å². The maximum Gasteiger partial charge on any atom is 0.291 e. The molecule has 6 rings (SSSR count). The van der Waals surface area contributed by atoms with Gasteiger partial charge in [0.15, 0.2) is 5.65 Å². The van der Waals surface area contributed by atoms with Gasteiger partial charge < -0.3 is 33.5 Å². The molecule has 0 amide bonds. The third kappa shape index (κ3) is 5.79. The van der Waals surface area contributed by atoms with Gasteiger partial charge in [-0.3, -0.25) is 4.79 Å². The molecule has 4 aromatic heterocycles. The number of aryl methyl sites for hydroxylation is 1. The van der Waals surface area contributed by atoms with E-state index >= 15 is 0 Å². The summed E-state index contributed by atoms with van der Waals surface area (Å²) >= 11 is 1.35. The van der Waals surface area contributed by atoms with Crippen LogP contribution in [0, 0.1) is 0 Å². The second kappa shape index (κ2) is 13.0. The van der Waals surface area contributed by atoms with Gasteiger partial charge >= 0.3 is 0 Å². The maximum atomic E-state index is 13.6. The summed E-state index contributed by atoms with van der Waals surface area (Å²) in [5.41, 5.74) is 3.26. The van der Waals surface area contributed by atoms with Crippen LogP contribution in [0.4, 0.5) is 5.95 Å². The minimum atomic E-state index is -0.265. The lowest BCUT2D eigenvalue weighted by Gasteiger charge is -2.25.